The minimum absolute atomic E-state index is 0.221. The summed E-state index contributed by atoms with van der Waals surface area (Å²) in [4.78, 5) is 20.2. The fourth-order valence-corrected chi connectivity index (χ4v) is 2.61. The maximum absolute atomic E-state index is 11.5. The summed E-state index contributed by atoms with van der Waals surface area (Å²) < 4.78 is 4.94. The predicted molar refractivity (Wildman–Crippen MR) is 54.4 cm³/mol. The monoisotopic (exact) mass is 209 g/mol. The maximum Gasteiger partial charge on any atom is 0.556 e. The first-order valence-electron chi connectivity index (χ1n) is 4.21. The first-order chi connectivity index (χ1) is 6.83. The third-order valence-corrected chi connectivity index (χ3v) is 3.38. The molecular weight excluding hydrogens is 200 g/mol. The van der Waals surface area contributed by atoms with Crippen LogP contribution in [-0.4, -0.2) is 21.9 Å². The van der Waals surface area contributed by atoms with Gasteiger partial charge in [0.25, 0.3) is 4.83 Å². The van der Waals surface area contributed by atoms with Gasteiger partial charge in [-0.1, -0.05) is 0 Å². The lowest BCUT2D eigenvalue weighted by Gasteiger charge is -1.90. The van der Waals surface area contributed by atoms with Gasteiger partial charge in [0, 0.05) is 12.3 Å². The number of hydrogen-bond donors (Lipinski definition) is 0. The molecule has 0 N–H and O–H groups in total. The number of thiophene rings is 1. The van der Waals surface area contributed by atoms with Gasteiger partial charge < -0.3 is 4.74 Å². The molecule has 0 aromatic carbocycles. The molecule has 0 aliphatic heterocycles. The summed E-state index contributed by atoms with van der Waals surface area (Å²) in [5.41, 5.74) is 0. The molecule has 0 saturated heterocycles. The fourth-order valence-electron chi connectivity index (χ4n) is 1.15. The van der Waals surface area contributed by atoms with Crippen molar-refractivity contribution in [3.05, 3.63) is 24.0 Å². The van der Waals surface area contributed by atoms with Crippen molar-refractivity contribution in [1.82, 2.24) is 9.97 Å². The Morgan fingerprint density at radius 2 is 2.50 bits per heavy atom. The number of ether oxygens (including phenoxy) is 1. The molecule has 4 nitrogen and oxygen atoms in total. The van der Waals surface area contributed by atoms with Crippen LogP contribution in [0.4, 0.5) is 4.79 Å². The van der Waals surface area contributed by atoms with Crippen molar-refractivity contribution in [3.8, 4) is 0 Å². The number of carbonyl (C=O) groups excluding carboxylic acids is 1. The van der Waals surface area contributed by atoms with E-state index in [0.717, 1.165) is 10.2 Å². The maximum atomic E-state index is 11.5. The highest BCUT2D eigenvalue weighted by molar-refractivity contribution is 7.54. The van der Waals surface area contributed by atoms with Crippen molar-refractivity contribution >= 4 is 26.0 Å². The van der Waals surface area contributed by atoms with E-state index in [1.807, 2.05) is 11.4 Å². The van der Waals surface area contributed by atoms with E-state index in [9.17, 15) is 4.79 Å². The number of rotatable bonds is 2. The zero-order chi connectivity index (χ0) is 9.97. The molecule has 0 saturated carbocycles. The highest BCUT2D eigenvalue weighted by atomic mass is 32.2. The minimum atomic E-state index is -0.640. The van der Waals surface area contributed by atoms with Crippen LogP contribution in [0.25, 0.3) is 10.2 Å². The molecule has 72 valence electrons. The summed E-state index contributed by atoms with van der Waals surface area (Å²) in [6, 6.07) is 1.86. The first kappa shape index (κ1) is 9.08. The summed E-state index contributed by atoms with van der Waals surface area (Å²) in [6.07, 6.45) is 3.15. The zero-order valence-corrected chi connectivity index (χ0v) is 8.45. The normalized spacial score (nSPS) is 11.6. The molecule has 0 fully saturated rings. The average Bonchev–Trinajstić information content (AvgIpc) is 2.61. The second-order valence-electron chi connectivity index (χ2n) is 2.61. The molecular formula is C9H9N2O2S+. The molecule has 2 aromatic heterocycles. The third kappa shape index (κ3) is 1.46. The number of fused-ring (bicyclic) bond motifs is 1. The van der Waals surface area contributed by atoms with Crippen LogP contribution in [0, 0.1) is 0 Å². The Morgan fingerprint density at radius 1 is 1.64 bits per heavy atom. The van der Waals surface area contributed by atoms with Gasteiger partial charge in [0.15, 0.2) is 5.38 Å². The van der Waals surface area contributed by atoms with Crippen LogP contribution in [0.15, 0.2) is 24.0 Å². The lowest BCUT2D eigenvalue weighted by atomic mass is 10.4. The number of hydrogen-bond acceptors (Lipinski definition) is 4. The van der Waals surface area contributed by atoms with Gasteiger partial charge in [0.2, 0.25) is 0 Å². The van der Waals surface area contributed by atoms with Gasteiger partial charge in [-0.15, -0.1) is 0 Å². The van der Waals surface area contributed by atoms with Crippen LogP contribution < -0.4 is 0 Å². The second kappa shape index (κ2) is 3.71. The van der Waals surface area contributed by atoms with Crippen LogP contribution in [0.2, 0.25) is 0 Å². The average molecular weight is 209 g/mol. The SMILES string of the molecule is CCOC(=O)[s+]1ccc2cncnc21. The molecule has 0 spiro atoms. The minimum Gasteiger partial charge on any atom is -0.422 e. The highest BCUT2D eigenvalue weighted by Gasteiger charge is 2.24. The smallest absolute Gasteiger partial charge is 0.422 e. The van der Waals surface area contributed by atoms with E-state index in [0.29, 0.717) is 6.61 Å². The van der Waals surface area contributed by atoms with Gasteiger partial charge in [-0.3, -0.25) is 0 Å². The van der Waals surface area contributed by atoms with Crippen LogP contribution >= 0.6 is 10.5 Å². The Balaban J connectivity index is 2.47. The van der Waals surface area contributed by atoms with E-state index in [-0.39, 0.29) is 5.30 Å². The fraction of sp³-hybridized carbons (Fsp3) is 0.222. The number of aromatic nitrogens is 2. The van der Waals surface area contributed by atoms with Gasteiger partial charge in [0.05, 0.1) is 12.0 Å². The van der Waals surface area contributed by atoms with E-state index >= 15 is 0 Å². The molecule has 1 unspecified atom stereocenters. The van der Waals surface area contributed by atoms with Crippen molar-refractivity contribution < 1.29 is 9.53 Å². The molecule has 14 heavy (non-hydrogen) atoms. The molecule has 5 heteroatoms. The lowest BCUT2D eigenvalue weighted by molar-refractivity contribution is 0.180. The van der Waals surface area contributed by atoms with Crippen molar-refractivity contribution in [1.29, 1.82) is 0 Å². The molecule has 0 aliphatic carbocycles. The van der Waals surface area contributed by atoms with Crippen molar-refractivity contribution in [2.75, 3.05) is 6.61 Å². The van der Waals surface area contributed by atoms with Crippen molar-refractivity contribution in [2.45, 2.75) is 6.92 Å². The molecule has 0 radical (unpaired) electrons. The molecule has 0 aliphatic rings. The molecule has 0 amide bonds. The Morgan fingerprint density at radius 3 is 3.29 bits per heavy atom. The molecule has 2 aromatic rings. The topological polar surface area (TPSA) is 52.1 Å². The van der Waals surface area contributed by atoms with Gasteiger partial charge in [0.1, 0.15) is 16.8 Å². The Hall–Kier alpha value is -1.49. The Kier molecular flexibility index (Phi) is 2.41. The quantitative estimate of drug-likeness (QED) is 0.563. The zero-order valence-electron chi connectivity index (χ0n) is 7.64. The van der Waals surface area contributed by atoms with E-state index in [4.69, 9.17) is 4.74 Å². The largest absolute Gasteiger partial charge is 0.556 e. The summed E-state index contributed by atoms with van der Waals surface area (Å²) in [6.45, 7) is 2.19. The standard InChI is InChI=1S/C9H9N2O2S/c1-2-13-9(12)14-4-3-7-5-10-6-11-8(7)14/h3-6H,2H2,1H3/q+1. The van der Waals surface area contributed by atoms with Gasteiger partial charge in [-0.05, 0) is 6.92 Å². The lowest BCUT2D eigenvalue weighted by Crippen LogP contribution is -1.96. The van der Waals surface area contributed by atoms with Crippen LogP contribution in [0.1, 0.15) is 6.92 Å². The molecule has 2 heterocycles. The van der Waals surface area contributed by atoms with E-state index in [1.165, 1.54) is 6.33 Å². The van der Waals surface area contributed by atoms with Gasteiger partial charge in [-0.25, -0.2) is 4.98 Å². The Labute approximate surface area is 83.5 Å². The van der Waals surface area contributed by atoms with Crippen molar-refractivity contribution in [3.63, 3.8) is 0 Å². The summed E-state index contributed by atoms with van der Waals surface area (Å²) >= 11 is 0. The van der Waals surface area contributed by atoms with Crippen LogP contribution in [0.3, 0.4) is 0 Å². The molecule has 1 atom stereocenters. The third-order valence-electron chi connectivity index (χ3n) is 1.74. The van der Waals surface area contributed by atoms with E-state index < -0.39 is 10.5 Å². The first-order valence-corrected chi connectivity index (χ1v) is 5.49. The van der Waals surface area contributed by atoms with Crippen LogP contribution in [-0.2, 0) is 4.74 Å². The second-order valence-corrected chi connectivity index (χ2v) is 4.27. The van der Waals surface area contributed by atoms with Gasteiger partial charge >= 0.3 is 5.30 Å². The van der Waals surface area contributed by atoms with Gasteiger partial charge in [-0.2, -0.15) is 9.78 Å². The van der Waals surface area contributed by atoms with Crippen molar-refractivity contribution in [2.24, 2.45) is 0 Å². The Bertz CT molecular complexity index is 467. The number of nitrogens with zero attached hydrogens (tertiary/aromatic N) is 2. The van der Waals surface area contributed by atoms with E-state index in [2.05, 4.69) is 9.97 Å². The molecule has 0 bridgehead atoms. The predicted octanol–water partition coefficient (Wildman–Crippen LogP) is 2.38. The number of carbonyl (C=O) groups is 1. The highest BCUT2D eigenvalue weighted by Crippen LogP contribution is 2.30. The summed E-state index contributed by atoms with van der Waals surface area (Å²) in [7, 11) is -0.640. The molecule has 2 rings (SSSR count). The summed E-state index contributed by atoms with van der Waals surface area (Å²) in [5, 5.41) is 2.50. The summed E-state index contributed by atoms with van der Waals surface area (Å²) in [5.74, 6) is 0. The van der Waals surface area contributed by atoms with E-state index in [1.54, 1.807) is 13.1 Å². The van der Waals surface area contributed by atoms with Crippen LogP contribution in [0.5, 0.6) is 0 Å².